The molecule has 1 aromatic heterocycles. The number of hydrogen-bond donors (Lipinski definition) is 0. The lowest BCUT2D eigenvalue weighted by Gasteiger charge is -1.97. The summed E-state index contributed by atoms with van der Waals surface area (Å²) in [5.41, 5.74) is 1.66. The largest absolute Gasteiger partial charge is 0.421 e. The van der Waals surface area contributed by atoms with Crippen molar-refractivity contribution in [3.05, 3.63) is 76.6 Å². The van der Waals surface area contributed by atoms with Crippen molar-refractivity contribution in [1.82, 2.24) is 0 Å². The number of nitrogens with zero attached hydrogens (tertiary/aromatic N) is 1. The Morgan fingerprint density at radius 1 is 1.00 bits per heavy atom. The van der Waals surface area contributed by atoms with Gasteiger partial charge in [-0.15, -0.1) is 0 Å². The SMILES string of the molecule is O=c1oc2ccccc2cc1N=CCc1ccccc1. The smallest absolute Gasteiger partial charge is 0.362 e. The third kappa shape index (κ3) is 2.67. The Labute approximate surface area is 116 Å². The van der Waals surface area contributed by atoms with Crippen LogP contribution in [-0.4, -0.2) is 6.21 Å². The monoisotopic (exact) mass is 263 g/mol. The first-order chi connectivity index (χ1) is 9.83. The number of benzene rings is 2. The summed E-state index contributed by atoms with van der Waals surface area (Å²) in [4.78, 5) is 16.0. The highest BCUT2D eigenvalue weighted by Gasteiger charge is 2.02. The minimum absolute atomic E-state index is 0.333. The maximum Gasteiger partial charge on any atom is 0.362 e. The molecule has 0 spiro atoms. The second-order valence-corrected chi connectivity index (χ2v) is 4.46. The zero-order chi connectivity index (χ0) is 13.8. The topological polar surface area (TPSA) is 42.6 Å². The predicted octanol–water partition coefficient (Wildman–Crippen LogP) is 3.74. The third-order valence-electron chi connectivity index (χ3n) is 3.02. The molecule has 2 aromatic carbocycles. The molecule has 3 nitrogen and oxygen atoms in total. The molecule has 1 heterocycles. The Bertz CT molecular complexity index is 804. The minimum Gasteiger partial charge on any atom is -0.421 e. The van der Waals surface area contributed by atoms with Gasteiger partial charge in [-0.3, -0.25) is 4.99 Å². The van der Waals surface area contributed by atoms with E-state index in [0.29, 0.717) is 17.7 Å². The lowest BCUT2D eigenvalue weighted by molar-refractivity contribution is 0.563. The molecular formula is C17H13NO2. The Kier molecular flexibility index (Phi) is 3.42. The first-order valence-electron chi connectivity index (χ1n) is 6.42. The van der Waals surface area contributed by atoms with Gasteiger partial charge in [0.15, 0.2) is 0 Å². The van der Waals surface area contributed by atoms with Crippen LogP contribution < -0.4 is 5.63 Å². The molecule has 0 aliphatic carbocycles. The van der Waals surface area contributed by atoms with E-state index in [1.54, 1.807) is 18.3 Å². The third-order valence-corrected chi connectivity index (χ3v) is 3.02. The maximum absolute atomic E-state index is 11.8. The average molecular weight is 263 g/mol. The normalized spacial score (nSPS) is 11.2. The molecule has 3 rings (SSSR count). The van der Waals surface area contributed by atoms with Crippen LogP contribution in [0.1, 0.15) is 5.56 Å². The Balaban J connectivity index is 1.87. The molecule has 0 amide bonds. The van der Waals surface area contributed by atoms with E-state index in [1.807, 2.05) is 48.5 Å². The molecule has 98 valence electrons. The molecular weight excluding hydrogens is 250 g/mol. The van der Waals surface area contributed by atoms with Gasteiger partial charge < -0.3 is 4.42 Å². The van der Waals surface area contributed by atoms with Crippen LogP contribution in [0, 0.1) is 0 Å². The van der Waals surface area contributed by atoms with E-state index >= 15 is 0 Å². The summed E-state index contributed by atoms with van der Waals surface area (Å²) in [5, 5.41) is 0.874. The summed E-state index contributed by atoms with van der Waals surface area (Å²) in [6.45, 7) is 0. The summed E-state index contributed by atoms with van der Waals surface area (Å²) in [5.74, 6) is 0. The van der Waals surface area contributed by atoms with Gasteiger partial charge in [0.05, 0.1) is 0 Å². The highest BCUT2D eigenvalue weighted by atomic mass is 16.4. The van der Waals surface area contributed by atoms with Crippen molar-refractivity contribution in [2.45, 2.75) is 6.42 Å². The maximum atomic E-state index is 11.8. The molecule has 0 fully saturated rings. The fraction of sp³-hybridized carbons (Fsp3) is 0.0588. The summed E-state index contributed by atoms with van der Waals surface area (Å²) in [6, 6.07) is 19.1. The lowest BCUT2D eigenvalue weighted by atomic mass is 10.2. The summed E-state index contributed by atoms with van der Waals surface area (Å²) in [6.07, 6.45) is 2.42. The highest BCUT2D eigenvalue weighted by molar-refractivity contribution is 5.79. The van der Waals surface area contributed by atoms with Gasteiger partial charge in [-0.2, -0.15) is 0 Å². The molecule has 0 atom stereocenters. The number of hydrogen-bond acceptors (Lipinski definition) is 3. The molecule has 3 heteroatoms. The Morgan fingerprint density at radius 2 is 1.75 bits per heavy atom. The van der Waals surface area contributed by atoms with Gasteiger partial charge in [0.25, 0.3) is 0 Å². The van der Waals surface area contributed by atoms with Crippen molar-refractivity contribution in [2.24, 2.45) is 4.99 Å². The van der Waals surface area contributed by atoms with Crippen LogP contribution in [0.2, 0.25) is 0 Å². The fourth-order valence-electron chi connectivity index (χ4n) is 2.00. The number of rotatable bonds is 3. The van der Waals surface area contributed by atoms with Crippen molar-refractivity contribution in [1.29, 1.82) is 0 Å². The zero-order valence-electron chi connectivity index (χ0n) is 10.8. The summed E-state index contributed by atoms with van der Waals surface area (Å²) in [7, 11) is 0. The van der Waals surface area contributed by atoms with Crippen LogP contribution in [0.5, 0.6) is 0 Å². The highest BCUT2D eigenvalue weighted by Crippen LogP contribution is 2.16. The number of fused-ring (bicyclic) bond motifs is 1. The van der Waals surface area contributed by atoms with Crippen LogP contribution in [0.15, 0.2) is 74.9 Å². The second kappa shape index (κ2) is 5.53. The quantitative estimate of drug-likeness (QED) is 0.533. The molecule has 0 saturated heterocycles. The fourth-order valence-corrected chi connectivity index (χ4v) is 2.00. The molecule has 0 unspecified atom stereocenters. The van der Waals surface area contributed by atoms with E-state index in [1.165, 1.54) is 0 Å². The lowest BCUT2D eigenvalue weighted by Crippen LogP contribution is -1.98. The van der Waals surface area contributed by atoms with Gasteiger partial charge in [-0.1, -0.05) is 48.5 Å². The van der Waals surface area contributed by atoms with Crippen molar-refractivity contribution in [3.8, 4) is 0 Å². The van der Waals surface area contributed by atoms with Crippen molar-refractivity contribution < 1.29 is 4.42 Å². The average Bonchev–Trinajstić information content (AvgIpc) is 2.49. The molecule has 0 aliphatic rings. The van der Waals surface area contributed by atoms with Crippen molar-refractivity contribution in [2.75, 3.05) is 0 Å². The Morgan fingerprint density at radius 3 is 2.60 bits per heavy atom. The first kappa shape index (κ1) is 12.4. The van der Waals surface area contributed by atoms with E-state index in [-0.39, 0.29) is 0 Å². The molecule has 0 radical (unpaired) electrons. The van der Waals surface area contributed by atoms with E-state index < -0.39 is 5.63 Å². The van der Waals surface area contributed by atoms with Gasteiger partial charge >= 0.3 is 5.63 Å². The van der Waals surface area contributed by atoms with Crippen LogP contribution in [0.3, 0.4) is 0 Å². The minimum atomic E-state index is -0.409. The summed E-state index contributed by atoms with van der Waals surface area (Å²) < 4.78 is 5.23. The molecule has 3 aromatic rings. The van der Waals surface area contributed by atoms with E-state index in [4.69, 9.17) is 4.42 Å². The van der Waals surface area contributed by atoms with Crippen molar-refractivity contribution in [3.63, 3.8) is 0 Å². The first-order valence-corrected chi connectivity index (χ1v) is 6.42. The van der Waals surface area contributed by atoms with Gasteiger partial charge in [0, 0.05) is 18.0 Å². The molecule has 0 bridgehead atoms. The second-order valence-electron chi connectivity index (χ2n) is 4.46. The van der Waals surface area contributed by atoms with Crippen LogP contribution in [0.25, 0.3) is 11.0 Å². The van der Waals surface area contributed by atoms with E-state index in [2.05, 4.69) is 4.99 Å². The van der Waals surface area contributed by atoms with Gasteiger partial charge in [0.2, 0.25) is 0 Å². The Hall–Kier alpha value is -2.68. The van der Waals surface area contributed by atoms with Crippen LogP contribution >= 0.6 is 0 Å². The standard InChI is InChI=1S/C17H13NO2/c19-17-15(12-14-8-4-5-9-16(14)20-17)18-11-10-13-6-2-1-3-7-13/h1-9,11-12H,10H2. The van der Waals surface area contributed by atoms with Gasteiger partial charge in [0.1, 0.15) is 11.3 Å². The molecule has 0 saturated carbocycles. The van der Waals surface area contributed by atoms with Gasteiger partial charge in [-0.25, -0.2) is 4.79 Å². The molecule has 20 heavy (non-hydrogen) atoms. The van der Waals surface area contributed by atoms with Gasteiger partial charge in [-0.05, 0) is 17.7 Å². The van der Waals surface area contributed by atoms with E-state index in [0.717, 1.165) is 10.9 Å². The molecule has 0 aliphatic heterocycles. The number of aliphatic imine (C=N–C) groups is 1. The van der Waals surface area contributed by atoms with E-state index in [9.17, 15) is 4.79 Å². The predicted molar refractivity (Wildman–Crippen MR) is 80.8 cm³/mol. The van der Waals surface area contributed by atoms with Crippen LogP contribution in [-0.2, 0) is 6.42 Å². The zero-order valence-corrected chi connectivity index (χ0v) is 10.8. The molecule has 0 N–H and O–H groups in total. The summed E-state index contributed by atoms with van der Waals surface area (Å²) >= 11 is 0. The van der Waals surface area contributed by atoms with Crippen molar-refractivity contribution >= 4 is 22.9 Å². The van der Waals surface area contributed by atoms with Crippen LogP contribution in [0.4, 0.5) is 5.69 Å². The number of para-hydroxylation sites is 1.